The Morgan fingerprint density at radius 1 is 1.31 bits per heavy atom. The van der Waals surface area contributed by atoms with Crippen LogP contribution in [-0.4, -0.2) is 57.3 Å². The maximum Gasteiger partial charge on any atom is 0.433 e. The Balaban J connectivity index is 1.37. The number of likely N-dealkylation sites (N-methyl/N-ethyl adjacent to an activating group) is 1. The van der Waals surface area contributed by atoms with E-state index in [-0.39, 0.29) is 23.8 Å². The summed E-state index contributed by atoms with van der Waals surface area (Å²) in [4.78, 5) is 26.2. The summed E-state index contributed by atoms with van der Waals surface area (Å²) in [5.41, 5.74) is 0.131. The van der Waals surface area contributed by atoms with Crippen LogP contribution in [0.2, 0.25) is 0 Å². The van der Waals surface area contributed by atoms with Crippen molar-refractivity contribution in [3.8, 4) is 5.75 Å². The Hall–Kier alpha value is -3.15. The van der Waals surface area contributed by atoms with Crippen LogP contribution in [0.5, 0.6) is 5.75 Å². The largest absolute Gasteiger partial charge is 0.489 e. The van der Waals surface area contributed by atoms with Crippen molar-refractivity contribution < 1.29 is 27.8 Å². The lowest BCUT2D eigenvalue weighted by Crippen LogP contribution is -2.52. The minimum Gasteiger partial charge on any atom is -0.489 e. The first-order valence-corrected chi connectivity index (χ1v) is 10.1. The van der Waals surface area contributed by atoms with Crippen molar-refractivity contribution in [2.75, 3.05) is 22.6 Å². The minimum absolute atomic E-state index is 0.0240. The molecule has 2 aromatic rings. The van der Waals surface area contributed by atoms with Crippen LogP contribution in [0.4, 0.5) is 30.6 Å². The number of alkyl halides is 3. The summed E-state index contributed by atoms with van der Waals surface area (Å²) in [5, 5.41) is 15.9. The molecule has 1 fully saturated rings. The number of carbonyl (C=O) groups excluding carboxylic acids is 1. The number of carbonyl (C=O) groups is 1. The molecule has 4 rings (SSSR count). The van der Waals surface area contributed by atoms with Crippen molar-refractivity contribution in [3.05, 3.63) is 29.7 Å². The second kappa shape index (κ2) is 8.08. The summed E-state index contributed by atoms with van der Waals surface area (Å²) in [6.07, 6.45) is -3.23. The van der Waals surface area contributed by atoms with Crippen LogP contribution in [0.25, 0.3) is 0 Å². The Kier molecular flexibility index (Phi) is 5.57. The molecule has 3 N–H and O–H groups in total. The fraction of sp³-hybridized carbons (Fsp3) is 0.500. The van der Waals surface area contributed by atoms with Gasteiger partial charge in [0.25, 0.3) is 0 Å². The first kappa shape index (κ1) is 22.1. The normalized spacial score (nSPS) is 23.7. The summed E-state index contributed by atoms with van der Waals surface area (Å²) in [6, 6.07) is 1.41. The van der Waals surface area contributed by atoms with Crippen LogP contribution in [0, 0.1) is 6.92 Å². The fourth-order valence-electron chi connectivity index (χ4n) is 3.84. The molecule has 2 aliphatic rings. The number of pyridine rings is 1. The molecule has 1 saturated carbocycles. The van der Waals surface area contributed by atoms with Crippen molar-refractivity contribution in [2.45, 2.75) is 57.2 Å². The van der Waals surface area contributed by atoms with Gasteiger partial charge in [-0.2, -0.15) is 18.2 Å². The third kappa shape index (κ3) is 4.27. The summed E-state index contributed by atoms with van der Waals surface area (Å²) < 4.78 is 43.5. The van der Waals surface area contributed by atoms with Crippen LogP contribution in [0.15, 0.2) is 18.3 Å². The number of nitrogens with one attached hydrogen (secondary N) is 2. The van der Waals surface area contributed by atoms with Gasteiger partial charge in [-0.1, -0.05) is 0 Å². The van der Waals surface area contributed by atoms with Gasteiger partial charge in [-0.05, 0) is 26.0 Å². The second-order valence-electron chi connectivity index (χ2n) is 8.05. The molecule has 0 unspecified atom stereocenters. The highest BCUT2D eigenvalue weighted by Gasteiger charge is 2.37. The summed E-state index contributed by atoms with van der Waals surface area (Å²) in [7, 11) is 1.69. The van der Waals surface area contributed by atoms with Gasteiger partial charge in [0.1, 0.15) is 29.3 Å². The van der Waals surface area contributed by atoms with Gasteiger partial charge in [-0.15, -0.1) is 0 Å². The monoisotopic (exact) mass is 452 g/mol. The number of ether oxygens (including phenoxy) is 1. The molecular formula is C20H23F3N6O3. The molecule has 172 valence electrons. The first-order valence-electron chi connectivity index (χ1n) is 10.1. The molecule has 0 spiro atoms. The van der Waals surface area contributed by atoms with Crippen LogP contribution in [0.3, 0.4) is 0 Å². The smallest absolute Gasteiger partial charge is 0.433 e. The van der Waals surface area contributed by atoms with E-state index in [0.29, 0.717) is 36.0 Å². The molecule has 9 nitrogen and oxygen atoms in total. The molecule has 2 aromatic heterocycles. The number of hydrogen-bond donors (Lipinski definition) is 3. The van der Waals surface area contributed by atoms with Crippen molar-refractivity contribution >= 4 is 23.4 Å². The first-order chi connectivity index (χ1) is 15.0. The van der Waals surface area contributed by atoms with E-state index in [1.807, 2.05) is 0 Å². The molecule has 0 saturated heterocycles. The standard InChI is InChI=1S/C20H23F3N6O3/c1-9-15-17(29(3)16(10(2)30)18(31)27-15)28-19(25-9)26-11-6-13(7-11)32-12-4-5-14(24-8-12)20(21,22)23/h4-5,8,10-11,13,16,30H,6-7H2,1-3H3,(H,27,31)(H,25,26,28)/t10-,11-,13-,16-/m0/s1. The number of aromatic nitrogens is 3. The Morgan fingerprint density at radius 3 is 2.62 bits per heavy atom. The molecule has 1 amide bonds. The van der Waals surface area contributed by atoms with Gasteiger partial charge in [0.05, 0.1) is 18.0 Å². The lowest BCUT2D eigenvalue weighted by atomic mass is 9.89. The van der Waals surface area contributed by atoms with Gasteiger partial charge in [-0.3, -0.25) is 4.79 Å². The molecule has 3 heterocycles. The van der Waals surface area contributed by atoms with Gasteiger partial charge in [0.15, 0.2) is 5.82 Å². The molecule has 1 aliphatic heterocycles. The molecule has 0 aromatic carbocycles. The van der Waals surface area contributed by atoms with Crippen LogP contribution >= 0.6 is 0 Å². The number of rotatable bonds is 5. The molecule has 32 heavy (non-hydrogen) atoms. The van der Waals surface area contributed by atoms with Gasteiger partial charge >= 0.3 is 6.18 Å². The van der Waals surface area contributed by atoms with E-state index in [9.17, 15) is 23.1 Å². The number of fused-ring (bicyclic) bond motifs is 1. The van der Waals surface area contributed by atoms with E-state index in [1.54, 1.807) is 25.8 Å². The van der Waals surface area contributed by atoms with Gasteiger partial charge < -0.3 is 25.4 Å². The highest BCUT2D eigenvalue weighted by molar-refractivity contribution is 6.03. The van der Waals surface area contributed by atoms with Gasteiger partial charge in [-0.25, -0.2) is 9.97 Å². The molecule has 12 heteroatoms. The highest BCUT2D eigenvalue weighted by Crippen LogP contribution is 2.35. The number of aryl methyl sites for hydroxylation is 1. The zero-order chi connectivity index (χ0) is 23.2. The minimum atomic E-state index is -4.48. The quantitative estimate of drug-likeness (QED) is 0.634. The summed E-state index contributed by atoms with van der Waals surface area (Å²) in [6.45, 7) is 3.30. The van der Waals surface area contributed by atoms with E-state index in [1.165, 1.54) is 6.07 Å². The Morgan fingerprint density at radius 2 is 2.03 bits per heavy atom. The van der Waals surface area contributed by atoms with E-state index in [0.717, 1.165) is 12.3 Å². The molecule has 1 aliphatic carbocycles. The van der Waals surface area contributed by atoms with Crippen molar-refractivity contribution in [2.24, 2.45) is 0 Å². The number of anilines is 3. The van der Waals surface area contributed by atoms with E-state index in [2.05, 4.69) is 25.6 Å². The topological polar surface area (TPSA) is 112 Å². The predicted molar refractivity (Wildman–Crippen MR) is 110 cm³/mol. The zero-order valence-electron chi connectivity index (χ0n) is 17.6. The number of halogens is 3. The van der Waals surface area contributed by atoms with E-state index in [4.69, 9.17) is 4.74 Å². The SMILES string of the molecule is Cc1nc(N[C@H]2C[C@H](Oc3ccc(C(F)(F)F)nc3)C2)nc2c1NC(=O)[C@H]([C@H](C)O)N2C. The van der Waals surface area contributed by atoms with Crippen LogP contribution in [-0.2, 0) is 11.0 Å². The van der Waals surface area contributed by atoms with Crippen LogP contribution in [0.1, 0.15) is 31.2 Å². The molecule has 0 radical (unpaired) electrons. The molecular weight excluding hydrogens is 429 g/mol. The predicted octanol–water partition coefficient (Wildman–Crippen LogP) is 2.36. The van der Waals surface area contributed by atoms with Crippen molar-refractivity contribution in [3.63, 3.8) is 0 Å². The Labute approximate surface area is 182 Å². The number of hydrogen-bond acceptors (Lipinski definition) is 8. The zero-order valence-corrected chi connectivity index (χ0v) is 17.6. The van der Waals surface area contributed by atoms with E-state index >= 15 is 0 Å². The maximum absolute atomic E-state index is 12.6. The number of amides is 1. The van der Waals surface area contributed by atoms with Gasteiger partial charge in [0.2, 0.25) is 11.9 Å². The summed E-state index contributed by atoms with van der Waals surface area (Å²) >= 11 is 0. The number of aliphatic hydroxyl groups excluding tert-OH is 1. The number of aliphatic hydroxyl groups is 1. The maximum atomic E-state index is 12.6. The fourth-order valence-corrected chi connectivity index (χ4v) is 3.84. The van der Waals surface area contributed by atoms with Crippen LogP contribution < -0.4 is 20.3 Å². The number of nitrogens with zero attached hydrogens (tertiary/aromatic N) is 4. The second-order valence-corrected chi connectivity index (χ2v) is 8.05. The lowest BCUT2D eigenvalue weighted by Gasteiger charge is -2.38. The average Bonchev–Trinajstić information content (AvgIpc) is 2.67. The highest BCUT2D eigenvalue weighted by atomic mass is 19.4. The van der Waals surface area contributed by atoms with E-state index < -0.39 is 24.0 Å². The lowest BCUT2D eigenvalue weighted by molar-refractivity contribution is -0.141. The van der Waals surface area contributed by atoms with Crippen molar-refractivity contribution in [1.29, 1.82) is 0 Å². The molecule has 2 atom stereocenters. The third-order valence-corrected chi connectivity index (χ3v) is 5.55. The Bertz CT molecular complexity index is 1010. The van der Waals surface area contributed by atoms with Gasteiger partial charge in [0, 0.05) is 25.9 Å². The third-order valence-electron chi connectivity index (χ3n) is 5.55. The average molecular weight is 452 g/mol. The van der Waals surface area contributed by atoms with Crippen molar-refractivity contribution in [1.82, 2.24) is 15.0 Å². The summed E-state index contributed by atoms with van der Waals surface area (Å²) in [5.74, 6) is 0.852. The molecule has 0 bridgehead atoms.